The highest BCUT2D eigenvalue weighted by Gasteiger charge is 2.15. The normalized spacial score (nSPS) is 11.4. The van der Waals surface area contributed by atoms with Crippen molar-refractivity contribution in [1.29, 1.82) is 0 Å². The zero-order valence-corrected chi connectivity index (χ0v) is 21.1. The Bertz CT molecular complexity index is 1370. The number of rotatable bonds is 10. The minimum absolute atomic E-state index is 0.152. The molecule has 4 rings (SSSR count). The molecule has 1 amide bonds. The van der Waals surface area contributed by atoms with Gasteiger partial charge >= 0.3 is 0 Å². The molecule has 0 aliphatic rings. The van der Waals surface area contributed by atoms with E-state index in [0.717, 1.165) is 50.3 Å². The fourth-order valence-corrected chi connectivity index (χ4v) is 4.12. The van der Waals surface area contributed by atoms with Gasteiger partial charge in [0.1, 0.15) is 22.8 Å². The second-order valence-corrected chi connectivity index (χ2v) is 8.38. The maximum atomic E-state index is 12.7. The van der Waals surface area contributed by atoms with Crippen LogP contribution in [0.4, 0.5) is 0 Å². The summed E-state index contributed by atoms with van der Waals surface area (Å²) >= 11 is 0. The number of fused-ring (bicyclic) bond motifs is 1. The van der Waals surface area contributed by atoms with Crippen LogP contribution in [0.2, 0.25) is 0 Å². The van der Waals surface area contributed by atoms with Gasteiger partial charge in [0.05, 0.1) is 27.1 Å². The number of furan rings is 1. The molecule has 0 fully saturated rings. The third kappa shape index (κ3) is 5.71. The first-order valence-electron chi connectivity index (χ1n) is 11.9. The van der Waals surface area contributed by atoms with E-state index in [1.165, 1.54) is 0 Å². The lowest BCUT2D eigenvalue weighted by Gasteiger charge is -2.12. The van der Waals surface area contributed by atoms with Gasteiger partial charge in [0, 0.05) is 35.2 Å². The van der Waals surface area contributed by atoms with Crippen molar-refractivity contribution in [2.45, 2.75) is 20.3 Å². The van der Waals surface area contributed by atoms with Crippen molar-refractivity contribution in [3.63, 3.8) is 0 Å². The van der Waals surface area contributed by atoms with Gasteiger partial charge in [0.25, 0.3) is 0 Å². The number of amides is 1. The summed E-state index contributed by atoms with van der Waals surface area (Å²) in [6.45, 7) is 4.88. The van der Waals surface area contributed by atoms with E-state index < -0.39 is 0 Å². The molecular formula is C30H31NO5. The van der Waals surface area contributed by atoms with Crippen LogP contribution >= 0.6 is 0 Å². The summed E-state index contributed by atoms with van der Waals surface area (Å²) in [6, 6.07) is 19.6. The Kier molecular flexibility index (Phi) is 7.95. The topological polar surface area (TPSA) is 69.9 Å². The number of ether oxygens (including phenoxy) is 3. The fraction of sp³-hybridized carbons (Fsp3) is 0.233. The van der Waals surface area contributed by atoms with Crippen molar-refractivity contribution in [2.24, 2.45) is 0 Å². The Morgan fingerprint density at radius 3 is 2.50 bits per heavy atom. The highest BCUT2D eigenvalue weighted by atomic mass is 16.5. The lowest BCUT2D eigenvalue weighted by Crippen LogP contribution is -2.23. The monoisotopic (exact) mass is 485 g/mol. The summed E-state index contributed by atoms with van der Waals surface area (Å²) in [4.78, 5) is 12.7. The molecule has 1 aromatic heterocycles. The highest BCUT2D eigenvalue weighted by molar-refractivity contribution is 6.00. The molecule has 0 spiro atoms. The van der Waals surface area contributed by atoms with E-state index >= 15 is 0 Å². The van der Waals surface area contributed by atoms with E-state index in [4.69, 9.17) is 18.6 Å². The van der Waals surface area contributed by atoms with Crippen molar-refractivity contribution in [3.8, 4) is 28.4 Å². The minimum Gasteiger partial charge on any atom is -0.497 e. The fourth-order valence-electron chi connectivity index (χ4n) is 4.12. The van der Waals surface area contributed by atoms with Crippen LogP contribution in [0.1, 0.15) is 25.0 Å². The van der Waals surface area contributed by atoms with Crippen LogP contribution in [-0.4, -0.2) is 33.3 Å². The van der Waals surface area contributed by atoms with Crippen LogP contribution in [0.15, 0.2) is 77.4 Å². The number of nitrogens with one attached hydrogen (secondary N) is 1. The van der Waals surface area contributed by atoms with Crippen LogP contribution in [0.25, 0.3) is 27.7 Å². The third-order valence-electron chi connectivity index (χ3n) is 6.00. The second-order valence-electron chi connectivity index (χ2n) is 8.38. The third-order valence-corrected chi connectivity index (χ3v) is 6.00. The summed E-state index contributed by atoms with van der Waals surface area (Å²) in [6.07, 6.45) is 4.07. The number of carbonyl (C=O) groups is 1. The average molecular weight is 486 g/mol. The van der Waals surface area contributed by atoms with Crippen LogP contribution in [-0.2, 0) is 11.2 Å². The summed E-state index contributed by atoms with van der Waals surface area (Å²) in [7, 11) is 3.29. The van der Waals surface area contributed by atoms with Gasteiger partial charge in [-0.05, 0) is 67.3 Å². The molecule has 1 N–H and O–H groups in total. The van der Waals surface area contributed by atoms with Crippen LogP contribution in [0.5, 0.6) is 17.2 Å². The molecule has 0 aliphatic heterocycles. The van der Waals surface area contributed by atoms with Gasteiger partial charge in [-0.3, -0.25) is 4.79 Å². The first kappa shape index (κ1) is 24.9. The zero-order chi connectivity index (χ0) is 25.5. The van der Waals surface area contributed by atoms with Crippen molar-refractivity contribution in [1.82, 2.24) is 5.32 Å². The van der Waals surface area contributed by atoms with Gasteiger partial charge in [0.15, 0.2) is 0 Å². The van der Waals surface area contributed by atoms with E-state index in [1.54, 1.807) is 26.6 Å². The lowest BCUT2D eigenvalue weighted by atomic mass is 9.99. The van der Waals surface area contributed by atoms with E-state index in [9.17, 15) is 4.79 Å². The molecule has 6 heteroatoms. The van der Waals surface area contributed by atoms with Crippen molar-refractivity contribution >= 4 is 22.4 Å². The van der Waals surface area contributed by atoms with Crippen molar-refractivity contribution < 1.29 is 23.4 Å². The molecule has 3 aromatic carbocycles. The second kappa shape index (κ2) is 11.5. The predicted molar refractivity (Wildman–Crippen MR) is 143 cm³/mol. The molecule has 0 saturated carbocycles. The molecular weight excluding hydrogens is 454 g/mol. The molecule has 0 radical (unpaired) electrons. The van der Waals surface area contributed by atoms with Crippen LogP contribution in [0, 0.1) is 0 Å². The van der Waals surface area contributed by atoms with Gasteiger partial charge in [-0.1, -0.05) is 24.3 Å². The molecule has 4 aromatic rings. The molecule has 0 aliphatic carbocycles. The SMILES string of the molecule is CCOc1cc2occ(-c3ccc(OC)cc3)c2cc1/C(C)=C/C(=O)NCCc1cccc(OC)c1. The largest absolute Gasteiger partial charge is 0.497 e. The smallest absolute Gasteiger partial charge is 0.244 e. The summed E-state index contributed by atoms with van der Waals surface area (Å²) in [5.74, 6) is 2.13. The lowest BCUT2D eigenvalue weighted by molar-refractivity contribution is -0.116. The zero-order valence-electron chi connectivity index (χ0n) is 21.1. The molecule has 0 saturated heterocycles. The maximum Gasteiger partial charge on any atom is 0.244 e. The van der Waals surface area contributed by atoms with E-state index in [0.29, 0.717) is 25.3 Å². The first-order chi connectivity index (χ1) is 17.5. The molecule has 0 unspecified atom stereocenters. The number of methoxy groups -OCH3 is 2. The Hall–Kier alpha value is -4.19. The molecule has 6 nitrogen and oxygen atoms in total. The number of allylic oxidation sites excluding steroid dienone is 1. The van der Waals surface area contributed by atoms with E-state index in [2.05, 4.69) is 5.32 Å². The predicted octanol–water partition coefficient (Wildman–Crippen LogP) is 6.28. The molecule has 0 atom stereocenters. The average Bonchev–Trinajstić information content (AvgIpc) is 3.31. The summed E-state index contributed by atoms with van der Waals surface area (Å²) in [5.41, 5.74) is 5.47. The molecule has 36 heavy (non-hydrogen) atoms. The quantitative estimate of drug-likeness (QED) is 0.268. The Morgan fingerprint density at radius 2 is 1.78 bits per heavy atom. The summed E-state index contributed by atoms with van der Waals surface area (Å²) < 4.78 is 22.3. The van der Waals surface area contributed by atoms with Gasteiger partial charge in [-0.15, -0.1) is 0 Å². The van der Waals surface area contributed by atoms with Crippen molar-refractivity contribution in [2.75, 3.05) is 27.4 Å². The van der Waals surface area contributed by atoms with Crippen LogP contribution < -0.4 is 19.5 Å². The highest BCUT2D eigenvalue weighted by Crippen LogP contribution is 2.38. The molecule has 1 heterocycles. The number of hydrogen-bond acceptors (Lipinski definition) is 5. The number of benzene rings is 3. The summed E-state index contributed by atoms with van der Waals surface area (Å²) in [5, 5.41) is 3.92. The van der Waals surface area contributed by atoms with E-state index in [-0.39, 0.29) is 5.91 Å². The van der Waals surface area contributed by atoms with E-state index in [1.807, 2.05) is 74.5 Å². The Morgan fingerprint density at radius 1 is 1.00 bits per heavy atom. The molecule has 0 bridgehead atoms. The minimum atomic E-state index is -0.152. The van der Waals surface area contributed by atoms with Crippen molar-refractivity contribution in [3.05, 3.63) is 84.1 Å². The number of hydrogen-bond donors (Lipinski definition) is 1. The van der Waals surface area contributed by atoms with Gasteiger partial charge in [0.2, 0.25) is 5.91 Å². The van der Waals surface area contributed by atoms with Gasteiger partial charge < -0.3 is 23.9 Å². The van der Waals surface area contributed by atoms with Gasteiger partial charge in [-0.25, -0.2) is 0 Å². The van der Waals surface area contributed by atoms with Crippen LogP contribution in [0.3, 0.4) is 0 Å². The number of carbonyl (C=O) groups excluding carboxylic acids is 1. The maximum absolute atomic E-state index is 12.7. The Balaban J connectivity index is 1.56. The first-order valence-corrected chi connectivity index (χ1v) is 11.9. The standard InChI is InChI=1S/C30H31NO5/c1-5-35-28-18-29-26(27(19-36-29)22-9-11-23(33-3)12-10-22)17-25(28)20(2)15-30(32)31-14-13-21-7-6-8-24(16-21)34-4/h6-12,15-19H,5,13-14H2,1-4H3,(H,31,32)/b20-15+. The molecule has 186 valence electrons. The Labute approximate surface area is 211 Å². The van der Waals surface area contributed by atoms with Gasteiger partial charge in [-0.2, -0.15) is 0 Å².